The van der Waals surface area contributed by atoms with Crippen LogP contribution in [0.5, 0.6) is 0 Å². The van der Waals surface area contributed by atoms with Crippen LogP contribution in [-0.2, 0) is 14.3 Å². The lowest BCUT2D eigenvalue weighted by atomic mass is 9.43. The number of esters is 1. The monoisotopic (exact) mass is 536 g/mol. The van der Waals surface area contributed by atoms with Crippen LogP contribution in [0.25, 0.3) is 6.08 Å². The van der Waals surface area contributed by atoms with Crippen LogP contribution in [0, 0.1) is 46.3 Å². The number of hydrogen-bond acceptors (Lipinski definition) is 4. The van der Waals surface area contributed by atoms with Crippen molar-refractivity contribution in [2.45, 2.75) is 104 Å². The summed E-state index contributed by atoms with van der Waals surface area (Å²) in [6.45, 7) is 8.69. The van der Waals surface area contributed by atoms with Gasteiger partial charge in [-0.25, -0.2) is 0 Å². The van der Waals surface area contributed by atoms with Crippen molar-refractivity contribution >= 4 is 18.0 Å². The van der Waals surface area contributed by atoms with E-state index in [-0.39, 0.29) is 35.2 Å². The van der Waals surface area contributed by atoms with Gasteiger partial charge in [0.15, 0.2) is 0 Å². The molecular weight excluding hydrogens is 488 g/mol. The molecule has 0 saturated heterocycles. The van der Waals surface area contributed by atoms with Crippen molar-refractivity contribution < 1.29 is 24.5 Å². The number of ether oxygens (including phenoxy) is 1. The zero-order chi connectivity index (χ0) is 28.0. The lowest BCUT2D eigenvalue weighted by Gasteiger charge is -2.63. The van der Waals surface area contributed by atoms with Crippen molar-refractivity contribution in [2.24, 2.45) is 46.3 Å². The standard InChI is InChI=1S/C34H48O5/c1-22(10-13-31(36)37)26-11-12-27-25-20-30(39-23(2)35)29-21-34(38,17-14-24-8-6-5-7-9-24)19-18-33(29,4)28(25)15-16-32(26,27)3/h5-9,14,17,22,25-30,38H,10-13,15-16,18-21H2,1-4H3,(H,36,37)/b17-14+/t22-,25+,26-,27+,28+,29+,30+,32-,33-,34+/m1/s1. The number of benzene rings is 1. The van der Waals surface area contributed by atoms with Crippen molar-refractivity contribution in [3.05, 3.63) is 42.0 Å². The third kappa shape index (κ3) is 5.33. The number of carbonyl (C=O) groups excluding carboxylic acids is 1. The molecule has 0 unspecified atom stereocenters. The molecule has 0 aliphatic heterocycles. The molecule has 4 aliphatic carbocycles. The van der Waals surface area contributed by atoms with Crippen LogP contribution in [0.3, 0.4) is 0 Å². The van der Waals surface area contributed by atoms with Crippen LogP contribution >= 0.6 is 0 Å². The molecule has 10 atom stereocenters. The van der Waals surface area contributed by atoms with Gasteiger partial charge >= 0.3 is 11.9 Å². The Morgan fingerprint density at radius 3 is 2.44 bits per heavy atom. The zero-order valence-corrected chi connectivity index (χ0v) is 24.3. The minimum atomic E-state index is -0.896. The zero-order valence-electron chi connectivity index (χ0n) is 24.3. The summed E-state index contributed by atoms with van der Waals surface area (Å²) < 4.78 is 6.11. The van der Waals surface area contributed by atoms with Crippen LogP contribution in [0.1, 0.15) is 97.5 Å². The number of carboxylic acids is 1. The lowest BCUT2D eigenvalue weighted by molar-refractivity contribution is -0.199. The van der Waals surface area contributed by atoms with Crippen LogP contribution in [0.15, 0.2) is 36.4 Å². The highest BCUT2D eigenvalue weighted by molar-refractivity contribution is 5.66. The van der Waals surface area contributed by atoms with E-state index in [1.807, 2.05) is 30.4 Å². The van der Waals surface area contributed by atoms with E-state index in [9.17, 15) is 19.8 Å². The normalized spacial score (nSPS) is 42.3. The van der Waals surface area contributed by atoms with Crippen molar-refractivity contribution in [3.8, 4) is 0 Å². The molecule has 214 valence electrons. The second-order valence-corrected chi connectivity index (χ2v) is 14.1. The third-order valence-corrected chi connectivity index (χ3v) is 12.0. The van der Waals surface area contributed by atoms with Gasteiger partial charge in [-0.15, -0.1) is 0 Å². The average molecular weight is 537 g/mol. The van der Waals surface area contributed by atoms with Crippen molar-refractivity contribution in [3.63, 3.8) is 0 Å². The van der Waals surface area contributed by atoms with E-state index in [1.54, 1.807) is 0 Å². The smallest absolute Gasteiger partial charge is 0.303 e. The Labute approximate surface area is 234 Å². The molecule has 1 aromatic carbocycles. The van der Waals surface area contributed by atoms with Gasteiger partial charge in [-0.1, -0.05) is 63.3 Å². The summed E-state index contributed by atoms with van der Waals surface area (Å²) >= 11 is 0. The number of rotatable bonds is 7. The maximum absolute atomic E-state index is 12.3. The molecule has 0 amide bonds. The number of hydrogen-bond donors (Lipinski definition) is 2. The highest BCUT2D eigenvalue weighted by atomic mass is 16.5. The summed E-state index contributed by atoms with van der Waals surface area (Å²) in [6.07, 6.45) is 12.8. The molecule has 0 spiro atoms. The molecule has 2 N–H and O–H groups in total. The SMILES string of the molecule is CC(=O)O[C@H]1C[C@@H]2[C@H](CC[C@]3(C)[C@@H]([C@H](C)CCC(=O)O)CC[C@@H]23)[C@@]2(C)CC[C@@](O)(/C=C/c3ccccc3)C[C@@H]12. The third-order valence-electron chi connectivity index (χ3n) is 12.0. The maximum Gasteiger partial charge on any atom is 0.303 e. The molecule has 0 heterocycles. The molecule has 4 saturated carbocycles. The first kappa shape index (κ1) is 28.4. The van der Waals surface area contributed by atoms with Crippen LogP contribution in [0.2, 0.25) is 0 Å². The Kier molecular flexibility index (Phi) is 7.78. The molecule has 4 aliphatic rings. The number of carboxylic acid groups (broad SMARTS) is 1. The Morgan fingerprint density at radius 2 is 1.74 bits per heavy atom. The fourth-order valence-corrected chi connectivity index (χ4v) is 10.1. The topological polar surface area (TPSA) is 83.8 Å². The van der Waals surface area contributed by atoms with E-state index in [0.29, 0.717) is 36.0 Å². The van der Waals surface area contributed by atoms with Crippen LogP contribution < -0.4 is 0 Å². The highest BCUT2D eigenvalue weighted by Gasteiger charge is 2.64. The minimum absolute atomic E-state index is 0.0319. The van der Waals surface area contributed by atoms with Crippen molar-refractivity contribution in [1.29, 1.82) is 0 Å². The van der Waals surface area contributed by atoms with E-state index < -0.39 is 11.6 Å². The van der Waals surface area contributed by atoms with E-state index >= 15 is 0 Å². The molecule has 4 fully saturated rings. The summed E-state index contributed by atoms with van der Waals surface area (Å²) in [6, 6.07) is 10.1. The van der Waals surface area contributed by atoms with E-state index in [2.05, 4.69) is 32.9 Å². The predicted octanol–water partition coefficient (Wildman–Crippen LogP) is 7.13. The first-order chi connectivity index (χ1) is 18.4. The first-order valence-corrected chi connectivity index (χ1v) is 15.3. The molecular formula is C34H48O5. The van der Waals surface area contributed by atoms with Gasteiger partial charge < -0.3 is 14.9 Å². The fraction of sp³-hybridized carbons (Fsp3) is 0.706. The summed E-state index contributed by atoms with van der Waals surface area (Å²) in [4.78, 5) is 23.6. The Morgan fingerprint density at radius 1 is 1.03 bits per heavy atom. The van der Waals surface area contributed by atoms with E-state index in [1.165, 1.54) is 32.6 Å². The van der Waals surface area contributed by atoms with Gasteiger partial charge in [-0.05, 0) is 104 Å². The Hall–Kier alpha value is -2.14. The van der Waals surface area contributed by atoms with Gasteiger partial charge in [0.25, 0.3) is 0 Å². The predicted molar refractivity (Wildman–Crippen MR) is 153 cm³/mol. The quantitative estimate of drug-likeness (QED) is 0.362. The second-order valence-electron chi connectivity index (χ2n) is 14.1. The molecule has 5 nitrogen and oxygen atoms in total. The molecule has 5 heteroatoms. The van der Waals surface area contributed by atoms with Crippen molar-refractivity contribution in [1.82, 2.24) is 0 Å². The fourth-order valence-electron chi connectivity index (χ4n) is 10.1. The molecule has 0 aromatic heterocycles. The molecule has 5 rings (SSSR count). The lowest BCUT2D eigenvalue weighted by Crippen LogP contribution is -2.60. The van der Waals surface area contributed by atoms with Gasteiger partial charge in [0.05, 0.1) is 5.60 Å². The Balaban J connectivity index is 1.39. The van der Waals surface area contributed by atoms with Crippen LogP contribution in [-0.4, -0.2) is 33.9 Å². The van der Waals surface area contributed by atoms with Crippen LogP contribution in [0.4, 0.5) is 0 Å². The summed E-state index contributed by atoms with van der Waals surface area (Å²) in [5, 5.41) is 21.0. The van der Waals surface area contributed by atoms with Gasteiger partial charge in [-0.2, -0.15) is 0 Å². The summed E-state index contributed by atoms with van der Waals surface area (Å²) in [5.74, 6) is 1.85. The molecule has 39 heavy (non-hydrogen) atoms. The first-order valence-electron chi connectivity index (χ1n) is 15.3. The number of aliphatic carboxylic acids is 1. The molecule has 0 bridgehead atoms. The van der Waals surface area contributed by atoms with Gasteiger partial charge in [0.2, 0.25) is 0 Å². The largest absolute Gasteiger partial charge is 0.481 e. The molecule has 0 radical (unpaired) electrons. The number of fused-ring (bicyclic) bond motifs is 5. The number of aliphatic hydroxyl groups is 1. The van der Waals surface area contributed by atoms with Gasteiger partial charge in [0.1, 0.15) is 6.10 Å². The van der Waals surface area contributed by atoms with Gasteiger partial charge in [0, 0.05) is 19.3 Å². The van der Waals surface area contributed by atoms with E-state index in [4.69, 9.17) is 4.74 Å². The van der Waals surface area contributed by atoms with Crippen molar-refractivity contribution in [2.75, 3.05) is 0 Å². The minimum Gasteiger partial charge on any atom is -0.481 e. The maximum atomic E-state index is 12.3. The Bertz CT molecular complexity index is 1080. The average Bonchev–Trinajstić information content (AvgIpc) is 3.25. The van der Waals surface area contributed by atoms with E-state index in [0.717, 1.165) is 31.2 Å². The summed E-state index contributed by atoms with van der Waals surface area (Å²) in [7, 11) is 0. The second kappa shape index (κ2) is 10.7. The van der Waals surface area contributed by atoms with Gasteiger partial charge in [-0.3, -0.25) is 9.59 Å². The highest BCUT2D eigenvalue weighted by Crippen LogP contribution is 2.69. The summed E-state index contributed by atoms with van der Waals surface area (Å²) in [5.41, 5.74) is 0.438. The molecule has 1 aromatic rings. The number of carbonyl (C=O) groups is 2.